The van der Waals surface area contributed by atoms with Crippen LogP contribution in [0.5, 0.6) is 0 Å². The molecular formula is C18H19Cl3N2O5S. The minimum absolute atomic E-state index is 0.203. The second kappa shape index (κ2) is 7.50. The summed E-state index contributed by atoms with van der Waals surface area (Å²) < 4.78 is 10.2. The fourth-order valence-electron chi connectivity index (χ4n) is 4.15. The Morgan fingerprint density at radius 2 is 1.93 bits per heavy atom. The number of nitrogens with two attached hydrogens (primary N) is 1. The van der Waals surface area contributed by atoms with E-state index in [-0.39, 0.29) is 6.42 Å². The molecule has 0 aliphatic carbocycles. The number of carboxylic acids is 1. The molecule has 0 aromatic heterocycles. The third-order valence-corrected chi connectivity index (χ3v) is 8.13. The zero-order valence-electron chi connectivity index (χ0n) is 15.5. The van der Waals surface area contributed by atoms with Crippen LogP contribution < -0.4 is 5.73 Å². The predicted octanol–water partition coefficient (Wildman–Crippen LogP) is 2.26. The summed E-state index contributed by atoms with van der Waals surface area (Å²) in [7, 11) is 0. The summed E-state index contributed by atoms with van der Waals surface area (Å²) >= 11 is 16.0. The van der Waals surface area contributed by atoms with E-state index in [0.717, 1.165) is 4.90 Å². The molecule has 2 fully saturated rings. The van der Waals surface area contributed by atoms with Gasteiger partial charge >= 0.3 is 5.97 Å². The number of fused-ring (bicyclic) bond motifs is 1. The molecule has 29 heavy (non-hydrogen) atoms. The van der Waals surface area contributed by atoms with Crippen LogP contribution in [-0.2, 0) is 25.6 Å². The van der Waals surface area contributed by atoms with Crippen molar-refractivity contribution in [3.05, 3.63) is 35.4 Å². The number of hydrogen-bond acceptors (Lipinski definition) is 4. The fourth-order valence-corrected chi connectivity index (χ4v) is 6.62. The van der Waals surface area contributed by atoms with Crippen molar-refractivity contribution in [1.29, 1.82) is 0 Å². The second-order valence-corrected chi connectivity index (χ2v) is 12.3. The number of carbonyl (C=O) groups is 3. The van der Waals surface area contributed by atoms with Gasteiger partial charge in [0.25, 0.3) is 0 Å². The molecule has 1 aromatic carbocycles. The number of aliphatic carboxylic acids is 1. The van der Waals surface area contributed by atoms with Crippen molar-refractivity contribution in [2.24, 2.45) is 5.73 Å². The number of benzene rings is 1. The van der Waals surface area contributed by atoms with Gasteiger partial charge in [0.2, 0.25) is 17.2 Å². The highest BCUT2D eigenvalue weighted by Crippen LogP contribution is 2.53. The minimum Gasteiger partial charge on any atom is -0.614 e. The molecule has 2 aliphatic rings. The summed E-state index contributed by atoms with van der Waals surface area (Å²) in [6.45, 7) is 3.12. The van der Waals surface area contributed by atoms with E-state index in [9.17, 15) is 24.0 Å². The Morgan fingerprint density at radius 3 is 2.45 bits per heavy atom. The Bertz CT molecular complexity index is 875. The lowest BCUT2D eigenvalue weighted by molar-refractivity contribution is -0.159. The fraction of sp³-hybridized carbons (Fsp3) is 0.500. The maximum absolute atomic E-state index is 13.1. The lowest BCUT2D eigenvalue weighted by Gasteiger charge is -2.42. The highest BCUT2D eigenvalue weighted by Gasteiger charge is 2.72. The third-order valence-electron chi connectivity index (χ3n) is 5.47. The summed E-state index contributed by atoms with van der Waals surface area (Å²) in [6, 6.07) is 5.36. The van der Waals surface area contributed by atoms with E-state index in [2.05, 4.69) is 0 Å². The smallest absolute Gasteiger partial charge is 0.332 e. The molecule has 11 heteroatoms. The number of halogens is 3. The van der Waals surface area contributed by atoms with Gasteiger partial charge in [0.1, 0.15) is 5.92 Å². The van der Waals surface area contributed by atoms with Crippen LogP contribution in [0, 0.1) is 0 Å². The maximum atomic E-state index is 13.1. The number of rotatable bonds is 5. The quantitative estimate of drug-likeness (QED) is 0.379. The van der Waals surface area contributed by atoms with Crippen LogP contribution in [0.4, 0.5) is 0 Å². The van der Waals surface area contributed by atoms with Gasteiger partial charge in [0.05, 0.1) is 5.92 Å². The molecule has 1 aromatic rings. The number of carboxylic acid groups (broad SMARTS) is 1. The van der Waals surface area contributed by atoms with Crippen LogP contribution in [0.1, 0.15) is 43.2 Å². The lowest BCUT2D eigenvalue weighted by atomic mass is 9.80. The van der Waals surface area contributed by atoms with E-state index >= 15 is 0 Å². The van der Waals surface area contributed by atoms with E-state index in [0.29, 0.717) is 11.1 Å². The summed E-state index contributed by atoms with van der Waals surface area (Å²) in [5, 5.41) is 8.75. The van der Waals surface area contributed by atoms with Crippen LogP contribution in [0.25, 0.3) is 0 Å². The molecule has 4 unspecified atom stereocenters. The van der Waals surface area contributed by atoms with E-state index in [1.807, 2.05) is 0 Å². The van der Waals surface area contributed by atoms with E-state index in [1.165, 1.54) is 0 Å². The monoisotopic (exact) mass is 480 g/mol. The van der Waals surface area contributed by atoms with Gasteiger partial charge in [-0.15, -0.1) is 0 Å². The maximum Gasteiger partial charge on any atom is 0.332 e. The van der Waals surface area contributed by atoms with Crippen LogP contribution in [0.2, 0.25) is 0 Å². The van der Waals surface area contributed by atoms with Crippen molar-refractivity contribution in [1.82, 2.24) is 4.90 Å². The van der Waals surface area contributed by atoms with Gasteiger partial charge in [-0.05, 0) is 36.2 Å². The zero-order valence-corrected chi connectivity index (χ0v) is 18.6. The van der Waals surface area contributed by atoms with Crippen LogP contribution in [-0.4, -0.2) is 52.3 Å². The van der Waals surface area contributed by atoms with Crippen LogP contribution >= 0.6 is 34.8 Å². The number of carbonyl (C=O) groups excluding carboxylic acids is 2. The van der Waals surface area contributed by atoms with Crippen molar-refractivity contribution in [2.45, 2.75) is 52.1 Å². The highest BCUT2D eigenvalue weighted by atomic mass is 35.6. The highest BCUT2D eigenvalue weighted by molar-refractivity contribution is 7.93. The second-order valence-electron chi connectivity index (χ2n) is 7.66. The van der Waals surface area contributed by atoms with Crippen molar-refractivity contribution in [2.75, 3.05) is 0 Å². The zero-order chi connectivity index (χ0) is 21.9. The van der Waals surface area contributed by atoms with Gasteiger partial charge in [-0.25, -0.2) is 4.79 Å². The number of primary amides is 1. The summed E-state index contributed by atoms with van der Waals surface area (Å²) in [5.41, 5.74) is 6.37. The number of amides is 2. The molecule has 2 heterocycles. The van der Waals surface area contributed by atoms with Gasteiger partial charge in [0.15, 0.2) is 14.6 Å². The molecule has 0 saturated carbocycles. The van der Waals surface area contributed by atoms with E-state index in [4.69, 9.17) is 40.5 Å². The molecule has 3 rings (SSSR count). The average Bonchev–Trinajstić information content (AvgIpc) is 2.77. The Kier molecular flexibility index (Phi) is 5.81. The van der Waals surface area contributed by atoms with Crippen LogP contribution in [0.3, 0.4) is 0 Å². The molecule has 2 saturated heterocycles. The SMILES string of the molecule is CC1(C)C(C(=O)O)N2C(=O)C(c3ccccc3C(CC(Cl)(Cl)Cl)C(N)=O)[C@@H]2[S+]1[O-]. The van der Waals surface area contributed by atoms with E-state index in [1.54, 1.807) is 38.1 Å². The minimum atomic E-state index is -1.75. The van der Waals surface area contributed by atoms with E-state index < -0.39 is 60.8 Å². The van der Waals surface area contributed by atoms with Crippen molar-refractivity contribution < 1.29 is 24.0 Å². The molecule has 0 bridgehead atoms. The van der Waals surface area contributed by atoms with Gasteiger partial charge in [-0.1, -0.05) is 59.1 Å². The number of alkyl halides is 3. The first-order valence-electron chi connectivity index (χ1n) is 8.69. The first-order chi connectivity index (χ1) is 13.3. The Labute approximate surface area is 185 Å². The molecule has 5 atom stereocenters. The first-order valence-corrected chi connectivity index (χ1v) is 11.0. The molecule has 0 spiro atoms. The van der Waals surface area contributed by atoms with Gasteiger partial charge in [-0.2, -0.15) is 0 Å². The summed E-state index contributed by atoms with van der Waals surface area (Å²) in [4.78, 5) is 37.9. The molecule has 3 N–H and O–H groups in total. The topological polar surface area (TPSA) is 124 Å². The molecule has 2 amide bonds. The molecule has 7 nitrogen and oxygen atoms in total. The van der Waals surface area contributed by atoms with Gasteiger partial charge in [0, 0.05) is 6.42 Å². The number of β-lactam (4-membered cyclic amide) rings is 1. The number of hydrogen-bond donors (Lipinski definition) is 2. The summed E-state index contributed by atoms with van der Waals surface area (Å²) in [6.07, 6.45) is -0.203. The molecule has 158 valence electrons. The van der Waals surface area contributed by atoms with Crippen LogP contribution in [0.15, 0.2) is 24.3 Å². The molecule has 2 aliphatic heterocycles. The molecular weight excluding hydrogens is 463 g/mol. The first kappa shape index (κ1) is 22.5. The van der Waals surface area contributed by atoms with Gasteiger partial charge in [-0.3, -0.25) is 14.5 Å². The Morgan fingerprint density at radius 1 is 1.34 bits per heavy atom. The van der Waals surface area contributed by atoms with Crippen molar-refractivity contribution >= 4 is 63.8 Å². The third kappa shape index (κ3) is 3.70. The van der Waals surface area contributed by atoms with Gasteiger partial charge < -0.3 is 15.4 Å². The summed E-state index contributed by atoms with van der Waals surface area (Å²) in [5.74, 6) is -4.27. The normalized spacial score (nSPS) is 29.2. The average molecular weight is 482 g/mol. The predicted molar refractivity (Wildman–Crippen MR) is 110 cm³/mol. The Hall–Kier alpha value is -1.19. The standard InChI is InChI=1S/C18H19Cl3N2O5S/c1-17(2)12(16(26)27)23-14(25)11(15(23)29(17)28)9-6-4-3-5-8(9)10(13(22)24)7-18(19,20)21/h3-6,10-12,15H,7H2,1-2H3,(H2,22,24)(H,26,27)/t10?,11?,12?,15-,29?/m0/s1. The number of nitrogens with zero attached hydrogens (tertiary/aromatic N) is 1. The Balaban J connectivity index is 2.05. The molecule has 0 radical (unpaired) electrons. The largest absolute Gasteiger partial charge is 0.614 e. The van der Waals surface area contributed by atoms with Crippen molar-refractivity contribution in [3.63, 3.8) is 0 Å². The lowest BCUT2D eigenvalue weighted by Crippen LogP contribution is -2.62. The van der Waals surface area contributed by atoms with Crippen molar-refractivity contribution in [3.8, 4) is 0 Å².